The molecule has 7 heteroatoms. The molecule has 0 fully saturated rings. The number of esters is 1. The highest BCUT2D eigenvalue weighted by Crippen LogP contribution is 2.53. The van der Waals surface area contributed by atoms with Gasteiger partial charge in [-0.25, -0.2) is 4.79 Å². The molecule has 21 heavy (non-hydrogen) atoms. The molecular weight excluding hydrogens is 295 g/mol. The van der Waals surface area contributed by atoms with Crippen LogP contribution in [0.1, 0.15) is 53.4 Å². The summed E-state index contributed by atoms with van der Waals surface area (Å²) in [6, 6.07) is 0. The molecule has 0 spiro atoms. The molecule has 0 unspecified atom stereocenters. The van der Waals surface area contributed by atoms with Crippen molar-refractivity contribution in [1.82, 2.24) is 0 Å². The predicted molar refractivity (Wildman–Crippen MR) is 81.4 cm³/mol. The van der Waals surface area contributed by atoms with E-state index in [4.69, 9.17) is 18.5 Å². The molecule has 6 nitrogen and oxygen atoms in total. The molecule has 0 radical (unpaired) electrons. The molecule has 0 bridgehead atoms. The maximum absolute atomic E-state index is 12.7. The molecule has 0 saturated heterocycles. The van der Waals surface area contributed by atoms with Crippen molar-refractivity contribution in [2.45, 2.75) is 59.2 Å². The van der Waals surface area contributed by atoms with E-state index >= 15 is 0 Å². The van der Waals surface area contributed by atoms with Crippen LogP contribution in [0.5, 0.6) is 0 Å². The summed E-state index contributed by atoms with van der Waals surface area (Å²) in [5.41, 5.74) is 0. The Balaban J connectivity index is 4.89. The summed E-state index contributed by atoms with van der Waals surface area (Å²) in [7, 11) is -3.67. The predicted octanol–water partition coefficient (Wildman–Crippen LogP) is 3.74. The minimum atomic E-state index is -3.67. The topological polar surface area (TPSA) is 71.1 Å². The first-order valence-electron chi connectivity index (χ1n) is 7.72. The van der Waals surface area contributed by atoms with Crippen LogP contribution in [0.2, 0.25) is 0 Å². The van der Waals surface area contributed by atoms with Crippen LogP contribution in [0.3, 0.4) is 0 Å². The average molecular weight is 324 g/mol. The molecule has 0 rings (SSSR count). The highest BCUT2D eigenvalue weighted by atomic mass is 31.2. The molecular formula is C14H29O6P. The van der Waals surface area contributed by atoms with Gasteiger partial charge in [0.1, 0.15) is 0 Å². The first-order valence-corrected chi connectivity index (χ1v) is 9.33. The van der Waals surface area contributed by atoms with Gasteiger partial charge in [0.25, 0.3) is 5.85 Å². The van der Waals surface area contributed by atoms with Crippen molar-refractivity contribution in [2.24, 2.45) is 0 Å². The lowest BCUT2D eigenvalue weighted by Crippen LogP contribution is -2.29. The number of rotatable bonds is 13. The van der Waals surface area contributed by atoms with E-state index in [-0.39, 0.29) is 19.8 Å². The molecule has 1 atom stereocenters. The van der Waals surface area contributed by atoms with Crippen LogP contribution in [0.25, 0.3) is 0 Å². The first-order chi connectivity index (χ1) is 10.1. The molecule has 0 heterocycles. The lowest BCUT2D eigenvalue weighted by Gasteiger charge is -2.24. The van der Waals surface area contributed by atoms with Gasteiger partial charge in [0.2, 0.25) is 0 Å². The lowest BCUT2D eigenvalue weighted by atomic mass is 10.4. The number of hydrogen-bond donors (Lipinski definition) is 0. The van der Waals surface area contributed by atoms with Crippen molar-refractivity contribution in [1.29, 1.82) is 0 Å². The van der Waals surface area contributed by atoms with Crippen molar-refractivity contribution in [2.75, 3.05) is 26.4 Å². The zero-order chi connectivity index (χ0) is 16.1. The van der Waals surface area contributed by atoms with Gasteiger partial charge in [-0.3, -0.25) is 4.57 Å². The normalized spacial score (nSPS) is 13.1. The molecule has 0 aromatic rings. The van der Waals surface area contributed by atoms with Crippen molar-refractivity contribution in [3.63, 3.8) is 0 Å². The van der Waals surface area contributed by atoms with Crippen LogP contribution in [-0.4, -0.2) is 38.2 Å². The third kappa shape index (κ3) is 7.96. The zero-order valence-corrected chi connectivity index (χ0v) is 14.5. The van der Waals surface area contributed by atoms with Gasteiger partial charge in [-0.2, -0.15) is 0 Å². The summed E-state index contributed by atoms with van der Waals surface area (Å²) in [6.45, 7) is 8.32. The SMILES string of the molecule is CCCCOC(=O)[C@@H](OCCCC)P(=O)(OCC)OCC. The number of carbonyl (C=O) groups excluding carboxylic acids is 1. The quantitative estimate of drug-likeness (QED) is 0.292. The maximum Gasteiger partial charge on any atom is 0.370 e. The van der Waals surface area contributed by atoms with Crippen LogP contribution < -0.4 is 0 Å². The fraction of sp³-hybridized carbons (Fsp3) is 0.929. The number of carbonyl (C=O) groups is 1. The summed E-state index contributed by atoms with van der Waals surface area (Å²) in [4.78, 5) is 12.1. The highest BCUT2D eigenvalue weighted by Gasteiger charge is 2.43. The zero-order valence-electron chi connectivity index (χ0n) is 13.6. The molecule has 0 saturated carbocycles. The Morgan fingerprint density at radius 3 is 1.95 bits per heavy atom. The van der Waals surface area contributed by atoms with Gasteiger partial charge in [0, 0.05) is 6.61 Å². The second-order valence-electron chi connectivity index (χ2n) is 4.47. The Morgan fingerprint density at radius 2 is 1.48 bits per heavy atom. The summed E-state index contributed by atoms with van der Waals surface area (Å²) in [5, 5.41) is 0. The lowest BCUT2D eigenvalue weighted by molar-refractivity contribution is -0.153. The van der Waals surface area contributed by atoms with Gasteiger partial charge < -0.3 is 18.5 Å². The van der Waals surface area contributed by atoms with Gasteiger partial charge >= 0.3 is 13.6 Å². The van der Waals surface area contributed by atoms with Gasteiger partial charge in [-0.15, -0.1) is 0 Å². The molecule has 0 amide bonds. The first kappa shape index (κ1) is 20.6. The summed E-state index contributed by atoms with van der Waals surface area (Å²) in [6.07, 6.45) is 3.33. The minimum Gasteiger partial charge on any atom is -0.463 e. The largest absolute Gasteiger partial charge is 0.463 e. The smallest absolute Gasteiger partial charge is 0.370 e. The van der Waals surface area contributed by atoms with Crippen LogP contribution >= 0.6 is 7.60 Å². The van der Waals surface area contributed by atoms with Gasteiger partial charge in [0.15, 0.2) is 0 Å². The van der Waals surface area contributed by atoms with Crippen LogP contribution in [0.4, 0.5) is 0 Å². The van der Waals surface area contributed by atoms with Crippen LogP contribution in [-0.2, 0) is 27.9 Å². The van der Waals surface area contributed by atoms with E-state index in [1.165, 1.54) is 0 Å². The Kier molecular flexibility index (Phi) is 11.9. The van der Waals surface area contributed by atoms with Gasteiger partial charge in [-0.05, 0) is 26.7 Å². The minimum absolute atomic E-state index is 0.174. The number of unbranched alkanes of at least 4 members (excludes halogenated alkanes) is 2. The van der Waals surface area contributed by atoms with Gasteiger partial charge in [-0.1, -0.05) is 26.7 Å². The second-order valence-corrected chi connectivity index (χ2v) is 6.54. The number of ether oxygens (including phenoxy) is 2. The van der Waals surface area contributed by atoms with Crippen molar-refractivity contribution in [3.8, 4) is 0 Å². The van der Waals surface area contributed by atoms with Crippen LogP contribution in [0.15, 0.2) is 0 Å². The van der Waals surface area contributed by atoms with E-state index in [2.05, 4.69) is 0 Å². The van der Waals surface area contributed by atoms with Gasteiger partial charge in [0.05, 0.1) is 19.8 Å². The molecule has 0 aromatic carbocycles. The fourth-order valence-corrected chi connectivity index (χ4v) is 3.23. The van der Waals surface area contributed by atoms with E-state index in [9.17, 15) is 9.36 Å². The van der Waals surface area contributed by atoms with E-state index in [1.807, 2.05) is 13.8 Å². The molecule has 0 aliphatic carbocycles. The van der Waals surface area contributed by atoms with Crippen molar-refractivity contribution < 1.29 is 27.9 Å². The molecule has 0 aromatic heterocycles. The molecule has 0 aliphatic rings. The Morgan fingerprint density at radius 1 is 0.952 bits per heavy atom. The fourth-order valence-electron chi connectivity index (χ4n) is 1.55. The molecule has 0 N–H and O–H groups in total. The molecule has 126 valence electrons. The highest BCUT2D eigenvalue weighted by molar-refractivity contribution is 7.55. The third-order valence-corrected chi connectivity index (χ3v) is 4.79. The standard InChI is InChI=1S/C14H29O6P/c1-5-9-11-17-13(15)14(18-12-10-6-2)21(16,19-7-3)20-8-4/h14H,5-12H2,1-4H3/t14-/m0/s1. The monoisotopic (exact) mass is 324 g/mol. The van der Waals surface area contributed by atoms with E-state index in [0.29, 0.717) is 6.61 Å². The van der Waals surface area contributed by atoms with Crippen molar-refractivity contribution in [3.05, 3.63) is 0 Å². The Labute approximate surface area is 128 Å². The van der Waals surface area contributed by atoms with Crippen molar-refractivity contribution >= 4 is 13.6 Å². The summed E-state index contributed by atoms with van der Waals surface area (Å²) < 4.78 is 33.7. The maximum atomic E-state index is 12.7. The Bertz CT molecular complexity index is 311. The summed E-state index contributed by atoms with van der Waals surface area (Å²) in [5.74, 6) is -1.98. The van der Waals surface area contributed by atoms with E-state index in [1.54, 1.807) is 13.8 Å². The van der Waals surface area contributed by atoms with Crippen LogP contribution in [0, 0.1) is 0 Å². The van der Waals surface area contributed by atoms with E-state index in [0.717, 1.165) is 25.7 Å². The second kappa shape index (κ2) is 12.2. The third-order valence-electron chi connectivity index (χ3n) is 2.62. The Hall–Kier alpha value is -0.420. The number of hydrogen-bond acceptors (Lipinski definition) is 6. The van der Waals surface area contributed by atoms with E-state index < -0.39 is 19.4 Å². The summed E-state index contributed by atoms with van der Waals surface area (Å²) >= 11 is 0. The average Bonchev–Trinajstić information content (AvgIpc) is 2.44. The molecule has 0 aliphatic heterocycles.